The number of benzene rings is 1. The van der Waals surface area contributed by atoms with Gasteiger partial charge in [0.2, 0.25) is 5.95 Å². The fraction of sp³-hybridized carbons (Fsp3) is 0.429. The van der Waals surface area contributed by atoms with Crippen LogP contribution in [0.5, 0.6) is 5.75 Å². The molecule has 0 saturated carbocycles. The summed E-state index contributed by atoms with van der Waals surface area (Å²) in [5.74, 6) is 1.58. The van der Waals surface area contributed by atoms with Gasteiger partial charge in [0.05, 0.1) is 26.5 Å². The Morgan fingerprint density at radius 1 is 1.23 bits per heavy atom. The van der Waals surface area contributed by atoms with E-state index < -0.39 is 0 Å². The van der Waals surface area contributed by atoms with Gasteiger partial charge in [0.1, 0.15) is 17.6 Å². The first kappa shape index (κ1) is 19.9. The van der Waals surface area contributed by atoms with Gasteiger partial charge in [0.15, 0.2) is 5.65 Å². The van der Waals surface area contributed by atoms with Gasteiger partial charge in [-0.05, 0) is 37.5 Å². The molecule has 1 aliphatic heterocycles. The highest BCUT2D eigenvalue weighted by Crippen LogP contribution is 2.23. The van der Waals surface area contributed by atoms with E-state index in [-0.39, 0.29) is 12.1 Å². The van der Waals surface area contributed by atoms with Crippen LogP contribution in [0.2, 0.25) is 0 Å². The smallest absolute Gasteiger partial charge is 0.409 e. The van der Waals surface area contributed by atoms with Crippen LogP contribution in [0.15, 0.2) is 36.8 Å². The largest absolute Gasteiger partial charge is 0.497 e. The zero-order chi connectivity index (χ0) is 20.9. The maximum atomic E-state index is 11.9. The van der Waals surface area contributed by atoms with Crippen molar-refractivity contribution in [3.05, 3.63) is 42.4 Å². The number of carbonyl (C=O) groups excluding carboxylic acids is 1. The number of ether oxygens (including phenoxy) is 2. The van der Waals surface area contributed by atoms with Crippen LogP contribution >= 0.6 is 0 Å². The normalized spacial score (nSPS) is 14.7. The standard InChI is InChI=1S/C21H26N6O3/c1-3-30-21(28)26-10-8-16(9-11-26)24-20-25-18-12-22-14-23-19(18)27(20)13-15-4-6-17(29-2)7-5-15/h4-7,12,14,16H,3,8-11,13H2,1-2H3,(H,24,25). The highest BCUT2D eigenvalue weighted by Gasteiger charge is 2.25. The highest BCUT2D eigenvalue weighted by molar-refractivity contribution is 5.73. The number of nitrogens with zero attached hydrogens (tertiary/aromatic N) is 5. The highest BCUT2D eigenvalue weighted by atomic mass is 16.6. The average Bonchev–Trinajstić information content (AvgIpc) is 3.12. The van der Waals surface area contributed by atoms with E-state index in [2.05, 4.69) is 19.9 Å². The molecule has 1 fully saturated rings. The van der Waals surface area contributed by atoms with Gasteiger partial charge < -0.3 is 19.7 Å². The summed E-state index contributed by atoms with van der Waals surface area (Å²) in [6.07, 6.45) is 4.68. The number of fused-ring (bicyclic) bond motifs is 1. The topological polar surface area (TPSA) is 94.4 Å². The Hall–Kier alpha value is -3.36. The summed E-state index contributed by atoms with van der Waals surface area (Å²) < 4.78 is 12.4. The fourth-order valence-corrected chi connectivity index (χ4v) is 3.65. The number of amides is 1. The van der Waals surface area contributed by atoms with E-state index in [1.807, 2.05) is 31.2 Å². The van der Waals surface area contributed by atoms with E-state index in [9.17, 15) is 4.79 Å². The van der Waals surface area contributed by atoms with Crippen LogP contribution in [-0.2, 0) is 11.3 Å². The average molecular weight is 410 g/mol. The molecule has 3 heterocycles. The fourth-order valence-electron chi connectivity index (χ4n) is 3.65. The van der Waals surface area contributed by atoms with E-state index in [4.69, 9.17) is 14.5 Å². The van der Waals surface area contributed by atoms with Gasteiger partial charge >= 0.3 is 6.09 Å². The quantitative estimate of drug-likeness (QED) is 0.668. The molecular formula is C21H26N6O3. The molecule has 0 spiro atoms. The molecule has 3 aromatic rings. The van der Waals surface area contributed by atoms with Crippen LogP contribution in [0.3, 0.4) is 0 Å². The molecule has 1 aromatic carbocycles. The molecule has 0 radical (unpaired) electrons. The first-order valence-electron chi connectivity index (χ1n) is 10.2. The number of aromatic nitrogens is 4. The lowest BCUT2D eigenvalue weighted by molar-refractivity contribution is 0.0983. The second-order valence-electron chi connectivity index (χ2n) is 7.21. The molecular weight excluding hydrogens is 384 g/mol. The number of likely N-dealkylation sites (tertiary alicyclic amines) is 1. The zero-order valence-electron chi connectivity index (χ0n) is 17.2. The Morgan fingerprint density at radius 2 is 2.00 bits per heavy atom. The molecule has 0 unspecified atom stereocenters. The summed E-state index contributed by atoms with van der Waals surface area (Å²) in [4.78, 5) is 26.9. The van der Waals surface area contributed by atoms with Crippen molar-refractivity contribution in [2.75, 3.05) is 32.1 Å². The lowest BCUT2D eigenvalue weighted by Gasteiger charge is -2.31. The Kier molecular flexibility index (Phi) is 5.97. The number of anilines is 1. The van der Waals surface area contributed by atoms with Crippen LogP contribution in [0.25, 0.3) is 11.2 Å². The summed E-state index contributed by atoms with van der Waals surface area (Å²) in [7, 11) is 1.66. The molecule has 0 atom stereocenters. The third kappa shape index (κ3) is 4.29. The summed E-state index contributed by atoms with van der Waals surface area (Å²) in [6, 6.07) is 8.18. The molecule has 30 heavy (non-hydrogen) atoms. The predicted molar refractivity (Wildman–Crippen MR) is 113 cm³/mol. The summed E-state index contributed by atoms with van der Waals surface area (Å²) >= 11 is 0. The monoisotopic (exact) mass is 410 g/mol. The molecule has 4 rings (SSSR count). The minimum absolute atomic E-state index is 0.218. The van der Waals surface area contributed by atoms with Gasteiger partial charge in [-0.1, -0.05) is 12.1 Å². The van der Waals surface area contributed by atoms with Gasteiger partial charge in [-0.15, -0.1) is 0 Å². The minimum atomic E-state index is -0.238. The van der Waals surface area contributed by atoms with Gasteiger partial charge in [-0.3, -0.25) is 4.57 Å². The first-order chi connectivity index (χ1) is 14.7. The van der Waals surface area contributed by atoms with Gasteiger partial charge in [-0.25, -0.2) is 19.7 Å². The first-order valence-corrected chi connectivity index (χ1v) is 10.2. The minimum Gasteiger partial charge on any atom is -0.497 e. The third-order valence-corrected chi connectivity index (χ3v) is 5.26. The maximum absolute atomic E-state index is 11.9. The molecule has 1 saturated heterocycles. The number of hydrogen-bond donors (Lipinski definition) is 1. The Labute approximate surface area is 175 Å². The maximum Gasteiger partial charge on any atom is 0.409 e. The van der Waals surface area contributed by atoms with E-state index in [0.717, 1.165) is 41.3 Å². The molecule has 1 amide bonds. The molecule has 0 aliphatic carbocycles. The number of rotatable bonds is 6. The lowest BCUT2D eigenvalue weighted by atomic mass is 10.1. The van der Waals surface area contributed by atoms with Crippen LogP contribution in [0.4, 0.5) is 10.7 Å². The van der Waals surface area contributed by atoms with Crippen LogP contribution < -0.4 is 10.1 Å². The van der Waals surface area contributed by atoms with Crippen molar-refractivity contribution in [2.24, 2.45) is 0 Å². The molecule has 9 nitrogen and oxygen atoms in total. The molecule has 9 heteroatoms. The number of imidazole rings is 1. The molecule has 0 bridgehead atoms. The van der Waals surface area contributed by atoms with Crippen molar-refractivity contribution in [1.82, 2.24) is 24.4 Å². The zero-order valence-corrected chi connectivity index (χ0v) is 17.2. The van der Waals surface area contributed by atoms with Crippen LogP contribution in [-0.4, -0.2) is 63.4 Å². The SMILES string of the molecule is CCOC(=O)N1CCC(Nc2nc3cncnc3n2Cc2ccc(OC)cc2)CC1. The van der Waals surface area contributed by atoms with E-state index in [1.165, 1.54) is 6.33 Å². The van der Waals surface area contributed by atoms with Crippen molar-refractivity contribution < 1.29 is 14.3 Å². The van der Waals surface area contributed by atoms with Gasteiger partial charge in [0, 0.05) is 19.1 Å². The van der Waals surface area contributed by atoms with Crippen molar-refractivity contribution in [2.45, 2.75) is 32.4 Å². The van der Waals surface area contributed by atoms with Gasteiger partial charge in [-0.2, -0.15) is 0 Å². The Bertz CT molecular complexity index is 996. The second kappa shape index (κ2) is 8.98. The van der Waals surface area contributed by atoms with E-state index >= 15 is 0 Å². The summed E-state index contributed by atoms with van der Waals surface area (Å²) in [6.45, 7) is 4.17. The van der Waals surface area contributed by atoms with Crippen molar-refractivity contribution in [3.8, 4) is 5.75 Å². The summed E-state index contributed by atoms with van der Waals surface area (Å²) in [5.41, 5.74) is 2.65. The van der Waals surface area contributed by atoms with E-state index in [1.54, 1.807) is 18.2 Å². The van der Waals surface area contributed by atoms with Gasteiger partial charge in [0.25, 0.3) is 0 Å². The predicted octanol–water partition coefficient (Wildman–Crippen LogP) is 2.92. The number of carbonyl (C=O) groups is 1. The second-order valence-corrected chi connectivity index (χ2v) is 7.21. The molecule has 158 valence electrons. The van der Waals surface area contributed by atoms with E-state index in [0.29, 0.717) is 26.2 Å². The number of nitrogens with one attached hydrogen (secondary N) is 1. The summed E-state index contributed by atoms with van der Waals surface area (Å²) in [5, 5.41) is 3.55. The Balaban J connectivity index is 1.51. The van der Waals surface area contributed by atoms with Crippen LogP contribution in [0, 0.1) is 0 Å². The third-order valence-electron chi connectivity index (χ3n) is 5.26. The number of hydrogen-bond acceptors (Lipinski definition) is 7. The molecule has 1 N–H and O–H groups in total. The van der Waals surface area contributed by atoms with Crippen molar-refractivity contribution in [3.63, 3.8) is 0 Å². The van der Waals surface area contributed by atoms with Crippen LogP contribution in [0.1, 0.15) is 25.3 Å². The number of methoxy groups -OCH3 is 1. The number of piperidine rings is 1. The lowest BCUT2D eigenvalue weighted by Crippen LogP contribution is -2.42. The molecule has 2 aromatic heterocycles. The Morgan fingerprint density at radius 3 is 2.70 bits per heavy atom. The van der Waals surface area contributed by atoms with Crippen molar-refractivity contribution in [1.29, 1.82) is 0 Å². The van der Waals surface area contributed by atoms with Crippen molar-refractivity contribution >= 4 is 23.2 Å². The molecule has 1 aliphatic rings.